The Hall–Kier alpha value is -2.14. The number of pyridine rings is 1. The van der Waals surface area contributed by atoms with Crippen LogP contribution >= 0.6 is 0 Å². The van der Waals surface area contributed by atoms with Gasteiger partial charge in [-0.25, -0.2) is 0 Å². The van der Waals surface area contributed by atoms with E-state index in [1.807, 2.05) is 37.4 Å². The number of rotatable bonds is 5. The Labute approximate surface area is 141 Å². The van der Waals surface area contributed by atoms with Crippen LogP contribution in [0.15, 0.2) is 35.1 Å². The molecule has 5 heteroatoms. The van der Waals surface area contributed by atoms with E-state index in [0.29, 0.717) is 13.0 Å². The lowest BCUT2D eigenvalue weighted by atomic mass is 9.97. The molecule has 0 spiro atoms. The predicted octanol–water partition coefficient (Wildman–Crippen LogP) is 2.76. The molecule has 0 bridgehead atoms. The summed E-state index contributed by atoms with van der Waals surface area (Å²) in [5, 5.41) is 10.0. The third kappa shape index (κ3) is 3.51. The Morgan fingerprint density at radius 1 is 1.29 bits per heavy atom. The molecule has 3 rings (SSSR count). The molecule has 5 nitrogen and oxygen atoms in total. The highest BCUT2D eigenvalue weighted by Gasteiger charge is 2.24. The quantitative estimate of drug-likeness (QED) is 0.917. The molecule has 1 unspecified atom stereocenters. The third-order valence-electron chi connectivity index (χ3n) is 5.02. The van der Waals surface area contributed by atoms with Gasteiger partial charge >= 0.3 is 5.97 Å². The summed E-state index contributed by atoms with van der Waals surface area (Å²) in [7, 11) is 1.81. The Morgan fingerprint density at radius 3 is 2.88 bits per heavy atom. The summed E-state index contributed by atoms with van der Waals surface area (Å²) in [5.74, 6) is -0.748. The Kier molecular flexibility index (Phi) is 5.00. The lowest BCUT2D eigenvalue weighted by Gasteiger charge is -2.35. The number of aryl methyl sites for hydroxylation is 1. The van der Waals surface area contributed by atoms with Crippen LogP contribution in [0.1, 0.15) is 37.7 Å². The minimum atomic E-state index is -0.748. The first-order valence-electron chi connectivity index (χ1n) is 8.60. The van der Waals surface area contributed by atoms with Crippen LogP contribution in [0.5, 0.6) is 0 Å². The minimum absolute atomic E-state index is 0.0382. The molecule has 0 amide bonds. The minimum Gasteiger partial charge on any atom is -0.481 e. The molecular weight excluding hydrogens is 304 g/mol. The normalized spacial score (nSPS) is 18.8. The zero-order valence-electron chi connectivity index (χ0n) is 14.1. The fourth-order valence-corrected chi connectivity index (χ4v) is 3.71. The standard InChI is InChI=1S/C19H24N2O3/c1-20-17-8-3-2-6-14(17)12-15(19(20)24)13-21-11-5-4-7-16(21)9-10-18(22)23/h2-3,6,8,12,16H,4-5,7,9-11,13H2,1H3,(H,22,23). The zero-order valence-corrected chi connectivity index (χ0v) is 14.1. The van der Waals surface area contributed by atoms with Gasteiger partial charge in [0.05, 0.1) is 5.52 Å². The summed E-state index contributed by atoms with van der Waals surface area (Å²) in [5.41, 5.74) is 1.77. The molecule has 2 heterocycles. The first kappa shape index (κ1) is 16.7. The maximum atomic E-state index is 12.7. The highest BCUT2D eigenvalue weighted by atomic mass is 16.4. The summed E-state index contributed by atoms with van der Waals surface area (Å²) in [6, 6.07) is 10.1. The number of carboxylic acids is 1. The van der Waals surface area contributed by atoms with Gasteiger partial charge in [-0.1, -0.05) is 24.6 Å². The van der Waals surface area contributed by atoms with Crippen LogP contribution in [0.2, 0.25) is 0 Å². The lowest BCUT2D eigenvalue weighted by molar-refractivity contribution is -0.137. The van der Waals surface area contributed by atoms with Crippen molar-refractivity contribution in [3.05, 3.63) is 46.2 Å². The number of hydrogen-bond acceptors (Lipinski definition) is 3. The van der Waals surface area contributed by atoms with Crippen LogP contribution in [0, 0.1) is 0 Å². The van der Waals surface area contributed by atoms with Gasteiger partial charge < -0.3 is 9.67 Å². The van der Waals surface area contributed by atoms with Gasteiger partial charge in [-0.15, -0.1) is 0 Å². The number of hydrogen-bond donors (Lipinski definition) is 1. The number of carbonyl (C=O) groups is 1. The summed E-state index contributed by atoms with van der Waals surface area (Å²) >= 11 is 0. The van der Waals surface area contributed by atoms with E-state index in [4.69, 9.17) is 5.11 Å². The fraction of sp³-hybridized carbons (Fsp3) is 0.474. The smallest absolute Gasteiger partial charge is 0.303 e. The first-order valence-corrected chi connectivity index (χ1v) is 8.60. The summed E-state index contributed by atoms with van der Waals surface area (Å²) in [6.07, 6.45) is 4.11. The SMILES string of the molecule is Cn1c(=O)c(CN2CCCCC2CCC(=O)O)cc2ccccc21. The van der Waals surface area contributed by atoms with Crippen LogP contribution in [0.25, 0.3) is 10.9 Å². The number of fused-ring (bicyclic) bond motifs is 1. The van der Waals surface area contributed by atoms with E-state index in [-0.39, 0.29) is 18.0 Å². The molecule has 1 aliphatic rings. The fourth-order valence-electron chi connectivity index (χ4n) is 3.71. The van der Waals surface area contributed by atoms with Crippen molar-refractivity contribution in [1.82, 2.24) is 9.47 Å². The van der Waals surface area contributed by atoms with Crippen LogP contribution in [0.4, 0.5) is 0 Å². The van der Waals surface area contributed by atoms with Crippen LogP contribution in [-0.4, -0.2) is 33.1 Å². The molecule has 1 aliphatic heterocycles. The van der Waals surface area contributed by atoms with Gasteiger partial charge in [0.1, 0.15) is 0 Å². The van der Waals surface area contributed by atoms with E-state index in [1.165, 1.54) is 0 Å². The summed E-state index contributed by atoms with van der Waals surface area (Å²) < 4.78 is 1.71. The highest BCUT2D eigenvalue weighted by molar-refractivity contribution is 5.79. The second-order valence-corrected chi connectivity index (χ2v) is 6.65. The number of aromatic nitrogens is 1. The molecule has 128 valence electrons. The van der Waals surface area contributed by atoms with E-state index in [9.17, 15) is 9.59 Å². The van der Waals surface area contributed by atoms with Gasteiger partial charge in [0.15, 0.2) is 0 Å². The largest absolute Gasteiger partial charge is 0.481 e. The monoisotopic (exact) mass is 328 g/mol. The van der Waals surface area contributed by atoms with Crippen molar-refractivity contribution in [2.24, 2.45) is 7.05 Å². The van der Waals surface area contributed by atoms with E-state index < -0.39 is 5.97 Å². The first-order chi connectivity index (χ1) is 11.6. The lowest BCUT2D eigenvalue weighted by Crippen LogP contribution is -2.40. The zero-order chi connectivity index (χ0) is 17.1. The van der Waals surface area contributed by atoms with E-state index in [0.717, 1.165) is 42.3 Å². The third-order valence-corrected chi connectivity index (χ3v) is 5.02. The topological polar surface area (TPSA) is 62.5 Å². The molecule has 1 N–H and O–H groups in total. The van der Waals surface area contributed by atoms with Crippen LogP contribution in [0.3, 0.4) is 0 Å². The van der Waals surface area contributed by atoms with Crippen molar-refractivity contribution in [2.75, 3.05) is 6.54 Å². The molecule has 0 aliphatic carbocycles. The van der Waals surface area contributed by atoms with Crippen molar-refractivity contribution < 1.29 is 9.90 Å². The van der Waals surface area contributed by atoms with Crippen LogP contribution < -0.4 is 5.56 Å². The maximum Gasteiger partial charge on any atom is 0.303 e. The summed E-state index contributed by atoms with van der Waals surface area (Å²) in [6.45, 7) is 1.53. The molecule has 1 saturated heterocycles. The highest BCUT2D eigenvalue weighted by Crippen LogP contribution is 2.23. The number of benzene rings is 1. The average molecular weight is 328 g/mol. The van der Waals surface area contributed by atoms with Gasteiger partial charge in [-0.3, -0.25) is 14.5 Å². The molecule has 1 fully saturated rings. The maximum absolute atomic E-state index is 12.7. The van der Waals surface area contributed by atoms with Crippen LogP contribution in [-0.2, 0) is 18.4 Å². The van der Waals surface area contributed by atoms with Gasteiger partial charge in [-0.2, -0.15) is 0 Å². The van der Waals surface area contributed by atoms with E-state index in [2.05, 4.69) is 4.90 Å². The Morgan fingerprint density at radius 2 is 2.08 bits per heavy atom. The number of carboxylic acid groups (broad SMARTS) is 1. The molecule has 1 atom stereocenters. The molecule has 1 aromatic heterocycles. The number of para-hydroxylation sites is 1. The Balaban J connectivity index is 1.86. The molecule has 1 aromatic carbocycles. The molecular formula is C19H24N2O3. The molecule has 0 radical (unpaired) electrons. The van der Waals surface area contributed by atoms with E-state index in [1.54, 1.807) is 4.57 Å². The number of nitrogens with zero attached hydrogens (tertiary/aromatic N) is 2. The van der Waals surface area contributed by atoms with Gasteiger partial charge in [0.2, 0.25) is 0 Å². The van der Waals surface area contributed by atoms with Gasteiger partial charge in [-0.05, 0) is 43.3 Å². The average Bonchev–Trinajstić information content (AvgIpc) is 2.58. The van der Waals surface area contributed by atoms with Crippen molar-refractivity contribution >= 4 is 16.9 Å². The predicted molar refractivity (Wildman–Crippen MR) is 94.1 cm³/mol. The van der Waals surface area contributed by atoms with Gasteiger partial charge in [0, 0.05) is 31.6 Å². The van der Waals surface area contributed by atoms with E-state index >= 15 is 0 Å². The second kappa shape index (κ2) is 7.18. The second-order valence-electron chi connectivity index (χ2n) is 6.65. The van der Waals surface area contributed by atoms with Crippen molar-refractivity contribution in [2.45, 2.75) is 44.7 Å². The van der Waals surface area contributed by atoms with Crippen molar-refractivity contribution in [3.8, 4) is 0 Å². The van der Waals surface area contributed by atoms with Gasteiger partial charge in [0.25, 0.3) is 5.56 Å². The number of aliphatic carboxylic acids is 1. The molecule has 0 saturated carbocycles. The van der Waals surface area contributed by atoms with Crippen molar-refractivity contribution in [1.29, 1.82) is 0 Å². The summed E-state index contributed by atoms with van der Waals surface area (Å²) in [4.78, 5) is 25.8. The number of likely N-dealkylation sites (tertiary alicyclic amines) is 1. The Bertz CT molecular complexity index is 797. The molecule has 2 aromatic rings. The molecule has 24 heavy (non-hydrogen) atoms. The van der Waals surface area contributed by atoms with Crippen molar-refractivity contribution in [3.63, 3.8) is 0 Å². The number of piperidine rings is 1.